The smallest absolute Gasteiger partial charge is 0.118 e. The van der Waals surface area contributed by atoms with Gasteiger partial charge in [0.05, 0.1) is 12.7 Å². The molecule has 2 rings (SSSR count). The Kier molecular flexibility index (Phi) is 3.40. The summed E-state index contributed by atoms with van der Waals surface area (Å²) in [7, 11) is 3.76. The second-order valence-electron chi connectivity index (χ2n) is 5.04. The van der Waals surface area contributed by atoms with Gasteiger partial charge >= 0.3 is 0 Å². The Morgan fingerprint density at radius 1 is 1.35 bits per heavy atom. The number of hydrogen-bond acceptors (Lipinski definition) is 3. The first-order valence-electron chi connectivity index (χ1n) is 6.12. The second-order valence-corrected chi connectivity index (χ2v) is 5.04. The molecule has 0 amide bonds. The predicted octanol–water partition coefficient (Wildman–Crippen LogP) is 2.00. The lowest BCUT2D eigenvalue weighted by atomic mass is 9.81. The first kappa shape index (κ1) is 12.4. The van der Waals surface area contributed by atoms with Gasteiger partial charge in [-0.2, -0.15) is 0 Å². The van der Waals surface area contributed by atoms with E-state index in [-0.39, 0.29) is 0 Å². The predicted molar refractivity (Wildman–Crippen MR) is 68.2 cm³/mol. The third-order valence-electron chi connectivity index (χ3n) is 3.89. The molecule has 1 aromatic carbocycles. The first-order chi connectivity index (χ1) is 8.05. The largest absolute Gasteiger partial charge is 0.497 e. The number of aliphatic hydroxyl groups is 1. The minimum absolute atomic E-state index is 0.413. The van der Waals surface area contributed by atoms with E-state index in [9.17, 15) is 5.11 Å². The lowest BCUT2D eigenvalue weighted by Gasteiger charge is -2.41. The third-order valence-corrected chi connectivity index (χ3v) is 3.89. The molecule has 3 nitrogen and oxygen atoms in total. The van der Waals surface area contributed by atoms with Crippen LogP contribution in [0, 0.1) is 0 Å². The van der Waals surface area contributed by atoms with Crippen LogP contribution in [0.25, 0.3) is 0 Å². The molecule has 17 heavy (non-hydrogen) atoms. The maximum atomic E-state index is 10.7. The van der Waals surface area contributed by atoms with Gasteiger partial charge in [-0.3, -0.25) is 0 Å². The lowest BCUT2D eigenvalue weighted by molar-refractivity contribution is -0.0408. The Labute approximate surface area is 103 Å². The van der Waals surface area contributed by atoms with E-state index in [0.717, 1.165) is 30.7 Å². The van der Waals surface area contributed by atoms with Gasteiger partial charge in [-0.25, -0.2) is 0 Å². The van der Waals surface area contributed by atoms with Gasteiger partial charge in [-0.1, -0.05) is 12.1 Å². The summed E-state index contributed by atoms with van der Waals surface area (Å²) in [5.41, 5.74) is 0.316. The zero-order valence-corrected chi connectivity index (χ0v) is 10.8. The Morgan fingerprint density at radius 2 is 2.00 bits per heavy atom. The standard InChI is InChI=1S/C14H21NO2/c1-11-10-14(16,8-9-15(11)2)12-4-6-13(17-3)7-5-12/h4-7,11,16H,8-10H2,1-3H3. The van der Waals surface area contributed by atoms with Crippen molar-refractivity contribution in [1.29, 1.82) is 0 Å². The summed E-state index contributed by atoms with van der Waals surface area (Å²) in [5.74, 6) is 0.832. The molecule has 0 spiro atoms. The van der Waals surface area contributed by atoms with Crippen LogP contribution in [0.5, 0.6) is 5.75 Å². The summed E-state index contributed by atoms with van der Waals surface area (Å²) in [6.45, 7) is 3.09. The van der Waals surface area contributed by atoms with Crippen molar-refractivity contribution in [2.45, 2.75) is 31.4 Å². The Balaban J connectivity index is 2.19. The molecule has 0 aromatic heterocycles. The molecule has 1 fully saturated rings. The molecule has 0 radical (unpaired) electrons. The summed E-state index contributed by atoms with van der Waals surface area (Å²) in [6, 6.07) is 8.18. The normalized spacial score (nSPS) is 30.2. The van der Waals surface area contributed by atoms with E-state index in [2.05, 4.69) is 18.9 Å². The topological polar surface area (TPSA) is 32.7 Å². The van der Waals surface area contributed by atoms with Gasteiger partial charge in [0.2, 0.25) is 0 Å². The fourth-order valence-electron chi connectivity index (χ4n) is 2.49. The van der Waals surface area contributed by atoms with Crippen LogP contribution in [0.3, 0.4) is 0 Å². The molecule has 1 N–H and O–H groups in total. The van der Waals surface area contributed by atoms with E-state index in [1.807, 2.05) is 24.3 Å². The van der Waals surface area contributed by atoms with Crippen molar-refractivity contribution in [2.24, 2.45) is 0 Å². The molecule has 0 bridgehead atoms. The minimum Gasteiger partial charge on any atom is -0.497 e. The fourth-order valence-corrected chi connectivity index (χ4v) is 2.49. The van der Waals surface area contributed by atoms with Crippen LogP contribution in [0.4, 0.5) is 0 Å². The molecule has 94 valence electrons. The summed E-state index contributed by atoms with van der Waals surface area (Å²) in [6.07, 6.45) is 1.58. The molecule has 1 aliphatic heterocycles. The van der Waals surface area contributed by atoms with Gasteiger partial charge in [0.1, 0.15) is 5.75 Å². The highest BCUT2D eigenvalue weighted by Crippen LogP contribution is 2.35. The number of ether oxygens (including phenoxy) is 1. The van der Waals surface area contributed by atoms with E-state index in [4.69, 9.17) is 4.74 Å². The summed E-state index contributed by atoms with van der Waals surface area (Å²) < 4.78 is 5.14. The summed E-state index contributed by atoms with van der Waals surface area (Å²) in [5, 5.41) is 10.7. The van der Waals surface area contributed by atoms with Crippen molar-refractivity contribution in [3.63, 3.8) is 0 Å². The van der Waals surface area contributed by atoms with E-state index >= 15 is 0 Å². The number of hydrogen-bond donors (Lipinski definition) is 1. The average molecular weight is 235 g/mol. The SMILES string of the molecule is COc1ccc(C2(O)CCN(C)C(C)C2)cc1. The lowest BCUT2D eigenvalue weighted by Crippen LogP contribution is -2.45. The molecule has 1 saturated heterocycles. The highest BCUT2D eigenvalue weighted by Gasteiger charge is 2.36. The van der Waals surface area contributed by atoms with Crippen LogP contribution in [-0.2, 0) is 5.60 Å². The molecule has 1 aliphatic rings. The first-order valence-corrected chi connectivity index (χ1v) is 6.12. The average Bonchev–Trinajstić information content (AvgIpc) is 2.34. The van der Waals surface area contributed by atoms with Crippen molar-refractivity contribution in [3.05, 3.63) is 29.8 Å². The highest BCUT2D eigenvalue weighted by molar-refractivity contribution is 5.31. The van der Waals surface area contributed by atoms with Crippen LogP contribution in [0.2, 0.25) is 0 Å². The van der Waals surface area contributed by atoms with Crippen molar-refractivity contribution >= 4 is 0 Å². The van der Waals surface area contributed by atoms with Crippen molar-refractivity contribution in [2.75, 3.05) is 20.7 Å². The van der Waals surface area contributed by atoms with Crippen LogP contribution >= 0.6 is 0 Å². The van der Waals surface area contributed by atoms with Crippen LogP contribution in [0.1, 0.15) is 25.3 Å². The zero-order chi connectivity index (χ0) is 12.5. The van der Waals surface area contributed by atoms with Crippen LogP contribution in [-0.4, -0.2) is 36.8 Å². The zero-order valence-electron chi connectivity index (χ0n) is 10.8. The maximum Gasteiger partial charge on any atom is 0.118 e. The van der Waals surface area contributed by atoms with Gasteiger partial charge in [0, 0.05) is 12.6 Å². The van der Waals surface area contributed by atoms with E-state index in [1.165, 1.54) is 0 Å². The third kappa shape index (κ3) is 2.45. The molecule has 3 heteroatoms. The number of rotatable bonds is 2. The number of benzene rings is 1. The van der Waals surface area contributed by atoms with E-state index in [1.54, 1.807) is 7.11 Å². The molecule has 1 aromatic rings. The molecule has 0 aliphatic carbocycles. The van der Waals surface area contributed by atoms with Crippen molar-refractivity contribution in [3.8, 4) is 5.75 Å². The Bertz CT molecular complexity index is 376. The summed E-state index contributed by atoms with van der Waals surface area (Å²) >= 11 is 0. The molecule has 2 atom stereocenters. The van der Waals surface area contributed by atoms with Gasteiger partial charge in [0.15, 0.2) is 0 Å². The van der Waals surface area contributed by atoms with Crippen molar-refractivity contribution < 1.29 is 9.84 Å². The Hall–Kier alpha value is -1.06. The second kappa shape index (κ2) is 4.67. The van der Waals surface area contributed by atoms with E-state index in [0.29, 0.717) is 6.04 Å². The quantitative estimate of drug-likeness (QED) is 0.851. The molecule has 2 unspecified atom stereocenters. The van der Waals surface area contributed by atoms with E-state index < -0.39 is 5.60 Å². The molecular formula is C14H21NO2. The van der Waals surface area contributed by atoms with Gasteiger partial charge in [-0.05, 0) is 44.5 Å². The fraction of sp³-hybridized carbons (Fsp3) is 0.571. The molecule has 0 saturated carbocycles. The van der Waals surface area contributed by atoms with Gasteiger partial charge in [0.25, 0.3) is 0 Å². The maximum absolute atomic E-state index is 10.7. The van der Waals surface area contributed by atoms with Gasteiger partial charge < -0.3 is 14.7 Å². The van der Waals surface area contributed by atoms with Crippen LogP contribution < -0.4 is 4.74 Å². The summed E-state index contributed by atoms with van der Waals surface area (Å²) in [4.78, 5) is 2.29. The molecule has 1 heterocycles. The number of methoxy groups -OCH3 is 1. The minimum atomic E-state index is -0.682. The van der Waals surface area contributed by atoms with Crippen LogP contribution in [0.15, 0.2) is 24.3 Å². The highest BCUT2D eigenvalue weighted by atomic mass is 16.5. The number of likely N-dealkylation sites (tertiary alicyclic amines) is 1. The molecular weight excluding hydrogens is 214 g/mol. The van der Waals surface area contributed by atoms with Crippen molar-refractivity contribution in [1.82, 2.24) is 4.90 Å². The Morgan fingerprint density at radius 3 is 2.53 bits per heavy atom. The number of nitrogens with zero attached hydrogens (tertiary/aromatic N) is 1. The van der Waals surface area contributed by atoms with Gasteiger partial charge in [-0.15, -0.1) is 0 Å². The monoisotopic (exact) mass is 235 g/mol. The number of piperidine rings is 1.